The third kappa shape index (κ3) is 16.1. The van der Waals surface area contributed by atoms with E-state index in [1.165, 1.54) is 38.8 Å². The van der Waals surface area contributed by atoms with Crippen LogP contribution in [0, 0.1) is 0 Å². The summed E-state index contributed by atoms with van der Waals surface area (Å²) < 4.78 is 11.1. The minimum absolute atomic E-state index is 0. The molecular formula is C25H47Cl2N3O3. The molecule has 0 heterocycles. The van der Waals surface area contributed by atoms with Crippen molar-refractivity contribution in [3.05, 3.63) is 23.8 Å². The molecule has 0 atom stereocenters. The van der Waals surface area contributed by atoms with E-state index in [9.17, 15) is 4.79 Å². The number of rotatable bonds is 16. The first kappa shape index (κ1) is 34.0. The smallest absolute Gasteiger partial charge is 0.258 e. The number of carbonyl (C=O) groups excluding carboxylic acids is 1. The zero-order valence-corrected chi connectivity index (χ0v) is 23.1. The minimum Gasteiger partial charge on any atom is -0.493 e. The van der Waals surface area contributed by atoms with E-state index in [2.05, 4.69) is 29.4 Å². The number of halogens is 2. The van der Waals surface area contributed by atoms with Crippen molar-refractivity contribution < 1.29 is 14.3 Å². The van der Waals surface area contributed by atoms with Gasteiger partial charge >= 0.3 is 0 Å². The van der Waals surface area contributed by atoms with Crippen LogP contribution in [0.1, 0.15) is 72.3 Å². The molecule has 1 rings (SSSR count). The molecule has 0 aromatic heterocycles. The fourth-order valence-electron chi connectivity index (χ4n) is 3.30. The summed E-state index contributed by atoms with van der Waals surface area (Å²) in [6, 6.07) is 5.86. The molecule has 0 fully saturated rings. The Balaban J connectivity index is 0. The van der Waals surface area contributed by atoms with Gasteiger partial charge in [-0.05, 0) is 83.9 Å². The highest BCUT2D eigenvalue weighted by atomic mass is 35.5. The van der Waals surface area contributed by atoms with Gasteiger partial charge in [0, 0.05) is 12.1 Å². The summed E-state index contributed by atoms with van der Waals surface area (Å²) in [5.41, 5.74) is 0.862. The highest BCUT2D eigenvalue weighted by molar-refractivity contribution is 5.85. The zero-order chi connectivity index (χ0) is 23.1. The molecule has 2 N–H and O–H groups in total. The summed E-state index contributed by atoms with van der Waals surface area (Å²) in [6.45, 7) is 15.7. The molecular weight excluding hydrogens is 461 g/mol. The maximum atomic E-state index is 12.0. The van der Waals surface area contributed by atoms with E-state index in [4.69, 9.17) is 9.47 Å². The van der Waals surface area contributed by atoms with E-state index in [0.717, 1.165) is 31.6 Å². The summed E-state index contributed by atoms with van der Waals surface area (Å²) in [4.78, 5) is 14.6. The summed E-state index contributed by atoms with van der Waals surface area (Å²) in [6.07, 6.45) is 6.22. The van der Waals surface area contributed by atoms with Gasteiger partial charge in [0.2, 0.25) is 0 Å². The van der Waals surface area contributed by atoms with Crippen LogP contribution in [0.25, 0.3) is 0 Å². The molecule has 0 unspecified atom stereocenters. The van der Waals surface area contributed by atoms with Gasteiger partial charge in [-0.3, -0.25) is 4.79 Å². The molecule has 0 spiro atoms. The lowest BCUT2D eigenvalue weighted by atomic mass is 10.1. The van der Waals surface area contributed by atoms with Gasteiger partial charge in [-0.25, -0.2) is 0 Å². The van der Waals surface area contributed by atoms with Crippen molar-refractivity contribution >= 4 is 30.7 Å². The van der Waals surface area contributed by atoms with Crippen LogP contribution in [0.5, 0.6) is 11.5 Å². The predicted molar refractivity (Wildman–Crippen MR) is 143 cm³/mol. The molecule has 8 heteroatoms. The van der Waals surface area contributed by atoms with Crippen molar-refractivity contribution in [2.24, 2.45) is 0 Å². The lowest BCUT2D eigenvalue weighted by Crippen LogP contribution is -2.43. The molecule has 0 aliphatic rings. The van der Waals surface area contributed by atoms with Crippen molar-refractivity contribution in [3.63, 3.8) is 0 Å². The molecule has 1 aromatic rings. The molecule has 33 heavy (non-hydrogen) atoms. The van der Waals surface area contributed by atoms with Gasteiger partial charge in [-0.2, -0.15) is 0 Å². The average Bonchev–Trinajstić information content (AvgIpc) is 2.72. The number of nitrogens with zero attached hydrogens (tertiary/aromatic N) is 1. The van der Waals surface area contributed by atoms with Gasteiger partial charge in [-0.1, -0.05) is 32.8 Å². The molecule has 194 valence electrons. The van der Waals surface area contributed by atoms with Gasteiger partial charge in [0.1, 0.15) is 0 Å². The SMILES string of the molecule is CCCCN(CCCC)CCCNCc1ccc(OCC(=O)NC(C)(C)C)c(OC)c1.Cl.Cl. The third-order valence-electron chi connectivity index (χ3n) is 4.91. The Morgan fingerprint density at radius 2 is 1.58 bits per heavy atom. The highest BCUT2D eigenvalue weighted by Crippen LogP contribution is 2.28. The van der Waals surface area contributed by atoms with E-state index in [0.29, 0.717) is 11.5 Å². The van der Waals surface area contributed by atoms with E-state index >= 15 is 0 Å². The predicted octanol–water partition coefficient (Wildman–Crippen LogP) is 5.21. The maximum Gasteiger partial charge on any atom is 0.258 e. The number of hydrogen-bond acceptors (Lipinski definition) is 5. The van der Waals surface area contributed by atoms with Crippen molar-refractivity contribution in [3.8, 4) is 11.5 Å². The normalized spacial score (nSPS) is 10.9. The number of ether oxygens (including phenoxy) is 2. The fraction of sp³-hybridized carbons (Fsp3) is 0.720. The largest absolute Gasteiger partial charge is 0.493 e. The number of carbonyl (C=O) groups is 1. The van der Waals surface area contributed by atoms with Crippen molar-refractivity contribution in [1.29, 1.82) is 0 Å². The molecule has 1 amide bonds. The Morgan fingerprint density at radius 1 is 0.970 bits per heavy atom. The standard InChI is InChI=1S/C25H45N3O3.2ClH/c1-7-9-15-28(16-10-8-2)17-11-14-26-19-21-12-13-22(23(18-21)30-6)31-20-24(29)27-25(3,4)5;;/h12-13,18,26H,7-11,14-17,19-20H2,1-6H3,(H,27,29);2*1H. The van der Waals surface area contributed by atoms with E-state index < -0.39 is 0 Å². The van der Waals surface area contributed by atoms with E-state index in [1.807, 2.05) is 39.0 Å². The summed E-state index contributed by atoms with van der Waals surface area (Å²) in [5, 5.41) is 6.42. The Labute approximate surface area is 214 Å². The fourth-order valence-corrected chi connectivity index (χ4v) is 3.30. The zero-order valence-electron chi connectivity index (χ0n) is 21.5. The van der Waals surface area contributed by atoms with Crippen LogP contribution >= 0.6 is 24.8 Å². The lowest BCUT2D eigenvalue weighted by Gasteiger charge is -2.22. The number of amides is 1. The first-order chi connectivity index (χ1) is 14.8. The maximum absolute atomic E-state index is 12.0. The molecule has 0 aliphatic carbocycles. The Hall–Kier alpha value is -1.21. The molecule has 6 nitrogen and oxygen atoms in total. The van der Waals surface area contributed by atoms with E-state index in [1.54, 1.807) is 7.11 Å². The van der Waals surface area contributed by atoms with Crippen LogP contribution in [0.4, 0.5) is 0 Å². The molecule has 0 radical (unpaired) electrons. The average molecular weight is 509 g/mol. The minimum atomic E-state index is -0.275. The van der Waals surface area contributed by atoms with Gasteiger partial charge in [-0.15, -0.1) is 24.8 Å². The van der Waals surface area contributed by atoms with Crippen LogP contribution in [0.15, 0.2) is 18.2 Å². The molecule has 0 saturated carbocycles. The summed E-state index contributed by atoms with van der Waals surface area (Å²) >= 11 is 0. The highest BCUT2D eigenvalue weighted by Gasteiger charge is 2.15. The first-order valence-electron chi connectivity index (χ1n) is 11.8. The topological polar surface area (TPSA) is 62.8 Å². The van der Waals surface area contributed by atoms with Crippen molar-refractivity contribution in [1.82, 2.24) is 15.5 Å². The van der Waals surface area contributed by atoms with Crippen LogP contribution in [0.3, 0.4) is 0 Å². The second kappa shape index (κ2) is 19.1. The van der Waals surface area contributed by atoms with Gasteiger partial charge in [0.25, 0.3) is 5.91 Å². The van der Waals surface area contributed by atoms with Gasteiger partial charge in [0.05, 0.1) is 7.11 Å². The van der Waals surface area contributed by atoms with Crippen LogP contribution in [-0.2, 0) is 11.3 Å². The number of unbranched alkanes of at least 4 members (excludes halogenated alkanes) is 2. The summed E-state index contributed by atoms with van der Waals surface area (Å²) in [5.74, 6) is 1.08. The second-order valence-corrected chi connectivity index (χ2v) is 9.15. The quantitative estimate of drug-likeness (QED) is 0.300. The number of benzene rings is 1. The molecule has 0 aliphatic heterocycles. The lowest BCUT2D eigenvalue weighted by molar-refractivity contribution is -0.124. The second-order valence-electron chi connectivity index (χ2n) is 9.15. The van der Waals surface area contributed by atoms with Crippen molar-refractivity contribution in [2.75, 3.05) is 39.9 Å². The number of nitrogens with one attached hydrogen (secondary N) is 2. The first-order valence-corrected chi connectivity index (χ1v) is 11.8. The molecule has 0 bridgehead atoms. The van der Waals surface area contributed by atoms with Gasteiger partial charge < -0.3 is 25.0 Å². The monoisotopic (exact) mass is 507 g/mol. The molecule has 1 aromatic carbocycles. The van der Waals surface area contributed by atoms with E-state index in [-0.39, 0.29) is 42.9 Å². The third-order valence-corrected chi connectivity index (χ3v) is 4.91. The summed E-state index contributed by atoms with van der Waals surface area (Å²) in [7, 11) is 1.62. The molecule has 0 saturated heterocycles. The van der Waals surface area contributed by atoms with Crippen LogP contribution < -0.4 is 20.1 Å². The Morgan fingerprint density at radius 3 is 2.12 bits per heavy atom. The van der Waals surface area contributed by atoms with Crippen molar-refractivity contribution in [2.45, 2.75) is 78.8 Å². The number of methoxy groups -OCH3 is 1. The van der Waals surface area contributed by atoms with Crippen LogP contribution in [0.2, 0.25) is 0 Å². The number of hydrogen-bond donors (Lipinski definition) is 2. The van der Waals surface area contributed by atoms with Gasteiger partial charge in [0.15, 0.2) is 18.1 Å². The van der Waals surface area contributed by atoms with Crippen LogP contribution in [-0.4, -0.2) is 56.2 Å². The Kier molecular flexibility index (Phi) is 19.7. The Bertz CT molecular complexity index is 632.